The van der Waals surface area contributed by atoms with Gasteiger partial charge in [-0.3, -0.25) is 0 Å². The lowest BCUT2D eigenvalue weighted by atomic mass is 10.2. The van der Waals surface area contributed by atoms with Crippen LogP contribution in [0, 0.1) is 0 Å². The van der Waals surface area contributed by atoms with E-state index < -0.39 is 0 Å². The molecule has 0 fully saturated rings. The molecule has 0 amide bonds. The molecule has 1 aromatic rings. The van der Waals surface area contributed by atoms with Crippen LogP contribution in [-0.2, 0) is 28.4 Å². The standard InChI is InChI=1S/C20H30O6/c1-3-21-9-10-22-11-12-23-13-14-24-15-16-25-17-18-26-19(2)20-7-5-4-6-8-20/h3-8H,1-2,9-18H2. The van der Waals surface area contributed by atoms with Crippen LogP contribution >= 0.6 is 0 Å². The Kier molecular flexibility index (Phi) is 14.2. The highest BCUT2D eigenvalue weighted by atomic mass is 16.6. The molecule has 0 unspecified atom stereocenters. The van der Waals surface area contributed by atoms with Crippen LogP contribution in [0.25, 0.3) is 5.76 Å². The second kappa shape index (κ2) is 16.6. The van der Waals surface area contributed by atoms with Crippen molar-refractivity contribution in [3.63, 3.8) is 0 Å². The average molecular weight is 366 g/mol. The van der Waals surface area contributed by atoms with Gasteiger partial charge in [0, 0.05) is 5.56 Å². The Morgan fingerprint density at radius 1 is 0.692 bits per heavy atom. The second-order valence-electron chi connectivity index (χ2n) is 5.12. The van der Waals surface area contributed by atoms with Crippen LogP contribution < -0.4 is 0 Å². The molecule has 1 rings (SSSR count). The van der Waals surface area contributed by atoms with Crippen molar-refractivity contribution in [3.05, 3.63) is 55.3 Å². The summed E-state index contributed by atoms with van der Waals surface area (Å²) in [5.74, 6) is 0.653. The van der Waals surface area contributed by atoms with E-state index in [1.54, 1.807) is 0 Å². The molecule has 0 bridgehead atoms. The molecule has 0 heterocycles. The maximum Gasteiger partial charge on any atom is 0.119 e. The fraction of sp³-hybridized carbons (Fsp3) is 0.500. The smallest absolute Gasteiger partial charge is 0.119 e. The van der Waals surface area contributed by atoms with Gasteiger partial charge in [-0.15, -0.1) is 0 Å². The Morgan fingerprint density at radius 2 is 1.15 bits per heavy atom. The van der Waals surface area contributed by atoms with E-state index in [1.807, 2.05) is 30.3 Å². The topological polar surface area (TPSA) is 55.4 Å². The number of rotatable bonds is 18. The zero-order valence-electron chi connectivity index (χ0n) is 15.4. The third kappa shape index (κ3) is 12.5. The maximum atomic E-state index is 5.54. The van der Waals surface area contributed by atoms with Gasteiger partial charge in [0.25, 0.3) is 0 Å². The van der Waals surface area contributed by atoms with Gasteiger partial charge in [0.15, 0.2) is 0 Å². The number of hydrogen-bond donors (Lipinski definition) is 0. The van der Waals surface area contributed by atoms with Crippen molar-refractivity contribution in [3.8, 4) is 0 Å². The van der Waals surface area contributed by atoms with Crippen LogP contribution in [0.2, 0.25) is 0 Å². The third-order valence-electron chi connectivity index (χ3n) is 3.18. The molecule has 0 aromatic heterocycles. The lowest BCUT2D eigenvalue weighted by Gasteiger charge is -2.10. The molecule has 6 nitrogen and oxygen atoms in total. The van der Waals surface area contributed by atoms with Crippen molar-refractivity contribution in [2.24, 2.45) is 0 Å². The predicted molar refractivity (Wildman–Crippen MR) is 101 cm³/mol. The zero-order chi connectivity index (χ0) is 18.7. The van der Waals surface area contributed by atoms with E-state index in [9.17, 15) is 0 Å². The van der Waals surface area contributed by atoms with E-state index >= 15 is 0 Å². The molecule has 0 saturated carbocycles. The maximum absolute atomic E-state index is 5.54. The Balaban J connectivity index is 1.77. The molecule has 26 heavy (non-hydrogen) atoms. The van der Waals surface area contributed by atoms with Crippen LogP contribution in [0.1, 0.15) is 5.56 Å². The molecule has 146 valence electrons. The van der Waals surface area contributed by atoms with Crippen LogP contribution in [0.15, 0.2) is 49.8 Å². The van der Waals surface area contributed by atoms with E-state index in [1.165, 1.54) is 6.26 Å². The van der Waals surface area contributed by atoms with Gasteiger partial charge >= 0.3 is 0 Å². The van der Waals surface area contributed by atoms with Gasteiger partial charge < -0.3 is 28.4 Å². The van der Waals surface area contributed by atoms with Crippen molar-refractivity contribution in [1.29, 1.82) is 0 Å². The Bertz CT molecular complexity index is 463. The van der Waals surface area contributed by atoms with E-state index in [2.05, 4.69) is 13.2 Å². The Morgan fingerprint density at radius 3 is 1.65 bits per heavy atom. The summed E-state index contributed by atoms with van der Waals surface area (Å²) in [5.41, 5.74) is 0.978. The molecule has 0 aliphatic carbocycles. The quantitative estimate of drug-likeness (QED) is 0.294. The van der Waals surface area contributed by atoms with Gasteiger partial charge in [-0.05, 0) is 0 Å². The summed E-state index contributed by atoms with van der Waals surface area (Å²) < 4.78 is 32.0. The summed E-state index contributed by atoms with van der Waals surface area (Å²) in [4.78, 5) is 0. The van der Waals surface area contributed by atoms with Crippen LogP contribution in [0.3, 0.4) is 0 Å². The molecule has 0 radical (unpaired) electrons. The van der Waals surface area contributed by atoms with Crippen LogP contribution in [0.4, 0.5) is 0 Å². The largest absolute Gasteiger partial charge is 0.499 e. The SMILES string of the molecule is C=COCCOCCOCCOCCOCCOC(=C)c1ccccc1. The molecule has 0 aliphatic heterocycles. The van der Waals surface area contributed by atoms with Crippen molar-refractivity contribution in [1.82, 2.24) is 0 Å². The summed E-state index contributed by atoms with van der Waals surface area (Å²) >= 11 is 0. The van der Waals surface area contributed by atoms with Crippen molar-refractivity contribution >= 4 is 5.76 Å². The summed E-state index contributed by atoms with van der Waals surface area (Å²) in [7, 11) is 0. The molecule has 6 heteroatoms. The highest BCUT2D eigenvalue weighted by Crippen LogP contribution is 2.12. The van der Waals surface area contributed by atoms with Crippen molar-refractivity contribution in [2.45, 2.75) is 0 Å². The first-order valence-corrected chi connectivity index (χ1v) is 8.75. The lowest BCUT2D eigenvalue weighted by Crippen LogP contribution is -2.13. The minimum atomic E-state index is 0.467. The third-order valence-corrected chi connectivity index (χ3v) is 3.18. The van der Waals surface area contributed by atoms with Crippen molar-refractivity contribution in [2.75, 3.05) is 66.1 Å². The van der Waals surface area contributed by atoms with Gasteiger partial charge in [-0.1, -0.05) is 43.5 Å². The Labute approximate surface area is 156 Å². The molecule has 1 aromatic carbocycles. The molecule has 0 saturated heterocycles. The summed E-state index contributed by atoms with van der Waals surface area (Å²) in [6.07, 6.45) is 1.40. The first kappa shape index (κ1) is 22.2. The molecule has 0 aliphatic rings. The van der Waals surface area contributed by atoms with Gasteiger partial charge in [-0.2, -0.15) is 0 Å². The first-order chi connectivity index (χ1) is 12.8. The molecule has 0 spiro atoms. The molecular weight excluding hydrogens is 336 g/mol. The minimum Gasteiger partial charge on any atom is -0.499 e. The van der Waals surface area contributed by atoms with Crippen LogP contribution in [-0.4, -0.2) is 66.1 Å². The van der Waals surface area contributed by atoms with Gasteiger partial charge in [0.1, 0.15) is 19.0 Å². The summed E-state index contributed by atoms with van der Waals surface area (Å²) in [6, 6.07) is 9.78. The fourth-order valence-corrected chi connectivity index (χ4v) is 1.88. The highest BCUT2D eigenvalue weighted by molar-refractivity contribution is 5.56. The summed E-state index contributed by atoms with van der Waals surface area (Å²) in [5, 5.41) is 0. The number of benzene rings is 1. The van der Waals surface area contributed by atoms with E-state index in [0.717, 1.165) is 5.56 Å². The summed E-state index contributed by atoms with van der Waals surface area (Å²) in [6.45, 7) is 12.5. The predicted octanol–water partition coefficient (Wildman–Crippen LogP) is 2.90. The molecule has 0 N–H and O–H groups in total. The monoisotopic (exact) mass is 366 g/mol. The Hall–Kier alpha value is -1.86. The number of hydrogen-bond acceptors (Lipinski definition) is 6. The van der Waals surface area contributed by atoms with E-state index in [-0.39, 0.29) is 0 Å². The zero-order valence-corrected chi connectivity index (χ0v) is 15.4. The molecule has 0 atom stereocenters. The average Bonchev–Trinajstić information content (AvgIpc) is 2.68. The van der Waals surface area contributed by atoms with Gasteiger partial charge in [0.05, 0.1) is 59.1 Å². The molecular formula is C20H30O6. The van der Waals surface area contributed by atoms with E-state index in [0.29, 0.717) is 71.8 Å². The van der Waals surface area contributed by atoms with Crippen molar-refractivity contribution < 1.29 is 28.4 Å². The fourth-order valence-electron chi connectivity index (χ4n) is 1.88. The second-order valence-corrected chi connectivity index (χ2v) is 5.12. The van der Waals surface area contributed by atoms with Gasteiger partial charge in [-0.25, -0.2) is 0 Å². The normalized spacial score (nSPS) is 10.5. The number of ether oxygens (including phenoxy) is 6. The minimum absolute atomic E-state index is 0.467. The first-order valence-electron chi connectivity index (χ1n) is 8.75. The van der Waals surface area contributed by atoms with Crippen LogP contribution in [0.5, 0.6) is 0 Å². The van der Waals surface area contributed by atoms with Gasteiger partial charge in [0.2, 0.25) is 0 Å². The van der Waals surface area contributed by atoms with E-state index in [4.69, 9.17) is 28.4 Å². The highest BCUT2D eigenvalue weighted by Gasteiger charge is 1.98. The lowest BCUT2D eigenvalue weighted by molar-refractivity contribution is -0.00905.